The summed E-state index contributed by atoms with van der Waals surface area (Å²) < 4.78 is 6.21. The third-order valence-electron chi connectivity index (χ3n) is 6.07. The van der Waals surface area contributed by atoms with Gasteiger partial charge in [-0.2, -0.15) is 4.98 Å². The molecule has 0 radical (unpaired) electrons. The standard InChI is InChI=1S/C23H28N2O2/c1-14-4-5-15(2)20(10-14)21-11-18(21)13-27-23-22(12-24-16(3)25-23)17-6-8-19(26)9-7-17/h4-5,10,12,17-18,21H,6-9,11,13H2,1-3H3/t18-,21+/m1/s1. The van der Waals surface area contributed by atoms with E-state index >= 15 is 0 Å². The Morgan fingerprint density at radius 3 is 2.67 bits per heavy atom. The summed E-state index contributed by atoms with van der Waals surface area (Å²) in [6.45, 7) is 6.95. The Kier molecular flexibility index (Phi) is 4.98. The quantitative estimate of drug-likeness (QED) is 0.764. The second-order valence-electron chi connectivity index (χ2n) is 8.26. The van der Waals surface area contributed by atoms with Crippen molar-refractivity contribution in [3.63, 3.8) is 0 Å². The van der Waals surface area contributed by atoms with Gasteiger partial charge < -0.3 is 4.74 Å². The van der Waals surface area contributed by atoms with Crippen molar-refractivity contribution >= 4 is 5.78 Å². The fourth-order valence-corrected chi connectivity index (χ4v) is 4.26. The van der Waals surface area contributed by atoms with Crippen LogP contribution in [0.25, 0.3) is 0 Å². The maximum atomic E-state index is 11.6. The van der Waals surface area contributed by atoms with Gasteiger partial charge in [0.2, 0.25) is 5.88 Å². The average Bonchev–Trinajstić information content (AvgIpc) is 3.42. The number of ketones is 1. The molecule has 0 spiro atoms. The van der Waals surface area contributed by atoms with Crippen LogP contribution in [-0.2, 0) is 4.79 Å². The van der Waals surface area contributed by atoms with E-state index in [4.69, 9.17) is 4.74 Å². The number of nitrogens with zero attached hydrogens (tertiary/aromatic N) is 2. The lowest BCUT2D eigenvalue weighted by atomic mass is 9.84. The van der Waals surface area contributed by atoms with E-state index in [1.165, 1.54) is 23.1 Å². The number of carbonyl (C=O) groups excluding carboxylic acids is 1. The summed E-state index contributed by atoms with van der Waals surface area (Å²) in [4.78, 5) is 20.5. The topological polar surface area (TPSA) is 52.1 Å². The molecular formula is C23H28N2O2. The first-order valence-corrected chi connectivity index (χ1v) is 10.1. The fraction of sp³-hybridized carbons (Fsp3) is 0.522. The predicted octanol–water partition coefficient (Wildman–Crippen LogP) is 4.81. The molecule has 27 heavy (non-hydrogen) atoms. The smallest absolute Gasteiger partial charge is 0.220 e. The average molecular weight is 364 g/mol. The largest absolute Gasteiger partial charge is 0.477 e. The van der Waals surface area contributed by atoms with Crippen molar-refractivity contribution in [1.82, 2.24) is 9.97 Å². The van der Waals surface area contributed by atoms with Crippen LogP contribution < -0.4 is 4.74 Å². The Bertz CT molecular complexity index is 851. The van der Waals surface area contributed by atoms with Gasteiger partial charge in [-0.05, 0) is 63.0 Å². The summed E-state index contributed by atoms with van der Waals surface area (Å²) in [5.74, 6) is 3.34. The molecule has 142 valence electrons. The van der Waals surface area contributed by atoms with Gasteiger partial charge in [0, 0.05) is 30.5 Å². The minimum Gasteiger partial charge on any atom is -0.477 e. The summed E-state index contributed by atoms with van der Waals surface area (Å²) >= 11 is 0. The van der Waals surface area contributed by atoms with Gasteiger partial charge in [0.15, 0.2) is 0 Å². The maximum absolute atomic E-state index is 11.6. The van der Waals surface area contributed by atoms with Crippen LogP contribution in [0.2, 0.25) is 0 Å². The normalized spacial score (nSPS) is 22.7. The number of hydrogen-bond donors (Lipinski definition) is 0. The molecular weight excluding hydrogens is 336 g/mol. The fourth-order valence-electron chi connectivity index (χ4n) is 4.26. The highest BCUT2D eigenvalue weighted by atomic mass is 16.5. The zero-order valence-corrected chi connectivity index (χ0v) is 16.5. The Hall–Kier alpha value is -2.23. The van der Waals surface area contributed by atoms with Gasteiger partial charge >= 0.3 is 0 Å². The number of hydrogen-bond acceptors (Lipinski definition) is 4. The lowest BCUT2D eigenvalue weighted by molar-refractivity contribution is -0.120. The molecule has 2 aliphatic rings. The van der Waals surface area contributed by atoms with Gasteiger partial charge in [0.25, 0.3) is 0 Å². The molecule has 2 aromatic rings. The van der Waals surface area contributed by atoms with Gasteiger partial charge in [-0.3, -0.25) is 4.79 Å². The molecule has 4 heteroatoms. The number of carbonyl (C=O) groups is 1. The third kappa shape index (κ3) is 4.05. The van der Waals surface area contributed by atoms with Crippen molar-refractivity contribution in [1.29, 1.82) is 0 Å². The van der Waals surface area contributed by atoms with Crippen LogP contribution in [0.3, 0.4) is 0 Å². The number of benzene rings is 1. The van der Waals surface area contributed by atoms with Gasteiger partial charge in [-0.15, -0.1) is 0 Å². The van der Waals surface area contributed by atoms with Crippen molar-refractivity contribution in [2.24, 2.45) is 5.92 Å². The molecule has 1 aromatic heterocycles. The van der Waals surface area contributed by atoms with Gasteiger partial charge in [0.1, 0.15) is 11.6 Å². The van der Waals surface area contributed by atoms with Crippen LogP contribution in [0.4, 0.5) is 0 Å². The summed E-state index contributed by atoms with van der Waals surface area (Å²) in [5, 5.41) is 0. The maximum Gasteiger partial charge on any atom is 0.220 e. The first kappa shape index (κ1) is 18.1. The number of Topliss-reactive ketones (excluding diaryl/α,β-unsaturated/α-hetero) is 1. The molecule has 0 unspecified atom stereocenters. The zero-order valence-electron chi connectivity index (χ0n) is 16.5. The van der Waals surface area contributed by atoms with Crippen molar-refractivity contribution in [3.8, 4) is 5.88 Å². The van der Waals surface area contributed by atoms with E-state index in [0.717, 1.165) is 30.1 Å². The highest BCUT2D eigenvalue weighted by molar-refractivity contribution is 5.79. The first-order chi connectivity index (χ1) is 13.0. The van der Waals surface area contributed by atoms with Crippen molar-refractivity contribution in [2.75, 3.05) is 6.61 Å². The third-order valence-corrected chi connectivity index (χ3v) is 6.07. The molecule has 0 aliphatic heterocycles. The van der Waals surface area contributed by atoms with Crippen LogP contribution in [0.15, 0.2) is 24.4 Å². The molecule has 0 N–H and O–H groups in total. The lowest BCUT2D eigenvalue weighted by Crippen LogP contribution is -2.15. The van der Waals surface area contributed by atoms with Crippen LogP contribution in [0.5, 0.6) is 5.88 Å². The zero-order chi connectivity index (χ0) is 19.0. The molecule has 2 fully saturated rings. The van der Waals surface area contributed by atoms with E-state index in [-0.39, 0.29) is 0 Å². The van der Waals surface area contributed by atoms with Crippen LogP contribution >= 0.6 is 0 Å². The van der Waals surface area contributed by atoms with E-state index in [0.29, 0.717) is 43.0 Å². The van der Waals surface area contributed by atoms with Gasteiger partial charge in [-0.1, -0.05) is 23.8 Å². The molecule has 4 nitrogen and oxygen atoms in total. The first-order valence-electron chi connectivity index (χ1n) is 10.1. The number of aromatic nitrogens is 2. The summed E-state index contributed by atoms with van der Waals surface area (Å²) in [6.07, 6.45) is 6.19. The van der Waals surface area contributed by atoms with E-state index in [2.05, 4.69) is 42.0 Å². The molecule has 1 heterocycles. The Morgan fingerprint density at radius 2 is 1.89 bits per heavy atom. The number of ether oxygens (including phenoxy) is 1. The monoisotopic (exact) mass is 364 g/mol. The Balaban J connectivity index is 1.44. The van der Waals surface area contributed by atoms with Crippen molar-refractivity contribution in [3.05, 3.63) is 52.5 Å². The molecule has 0 saturated heterocycles. The van der Waals surface area contributed by atoms with E-state index in [1.807, 2.05) is 13.1 Å². The van der Waals surface area contributed by atoms with E-state index in [1.54, 1.807) is 0 Å². The SMILES string of the molecule is Cc1ccc(C)c([C@H]2C[C@@H]2COc2nc(C)ncc2C2CCC(=O)CC2)c1. The summed E-state index contributed by atoms with van der Waals surface area (Å²) in [6, 6.07) is 6.72. The van der Waals surface area contributed by atoms with Gasteiger partial charge in [0.05, 0.1) is 6.61 Å². The minimum atomic E-state index is 0.340. The van der Waals surface area contributed by atoms with E-state index < -0.39 is 0 Å². The van der Waals surface area contributed by atoms with Crippen molar-refractivity contribution in [2.45, 2.75) is 64.7 Å². The van der Waals surface area contributed by atoms with Crippen LogP contribution in [0.1, 0.15) is 72.0 Å². The highest BCUT2D eigenvalue weighted by Gasteiger charge is 2.40. The van der Waals surface area contributed by atoms with Crippen molar-refractivity contribution < 1.29 is 9.53 Å². The molecule has 0 bridgehead atoms. The number of aryl methyl sites for hydroxylation is 3. The van der Waals surface area contributed by atoms with E-state index in [9.17, 15) is 4.79 Å². The highest BCUT2D eigenvalue weighted by Crippen LogP contribution is 2.49. The lowest BCUT2D eigenvalue weighted by Gasteiger charge is -2.22. The molecule has 0 amide bonds. The minimum absolute atomic E-state index is 0.340. The van der Waals surface area contributed by atoms with Crippen LogP contribution in [-0.4, -0.2) is 22.4 Å². The molecule has 2 aliphatic carbocycles. The van der Waals surface area contributed by atoms with Crippen LogP contribution in [0, 0.1) is 26.7 Å². The Labute approximate surface area is 161 Å². The molecule has 2 saturated carbocycles. The Morgan fingerprint density at radius 1 is 1.11 bits per heavy atom. The molecule has 4 rings (SSSR count). The summed E-state index contributed by atoms with van der Waals surface area (Å²) in [7, 11) is 0. The second-order valence-corrected chi connectivity index (χ2v) is 8.26. The number of rotatable bonds is 5. The predicted molar refractivity (Wildman–Crippen MR) is 105 cm³/mol. The molecule has 1 aromatic carbocycles. The molecule has 2 atom stereocenters. The second kappa shape index (κ2) is 7.41. The summed E-state index contributed by atoms with van der Waals surface area (Å²) in [5.41, 5.74) is 5.24. The van der Waals surface area contributed by atoms with Gasteiger partial charge in [-0.25, -0.2) is 4.98 Å².